The highest BCUT2D eigenvalue weighted by atomic mass is 15.2. The molecule has 1 aromatic heterocycles. The minimum absolute atomic E-state index is 0.588. The average Bonchev–Trinajstić information content (AvgIpc) is 3.42. The number of aromatic nitrogens is 2. The summed E-state index contributed by atoms with van der Waals surface area (Å²) in [5, 5.41) is 0. The molecule has 2 nitrogen and oxygen atoms in total. The van der Waals surface area contributed by atoms with E-state index < -0.39 is 0 Å². The fourth-order valence-corrected chi connectivity index (χ4v) is 6.90. The second-order valence-electron chi connectivity index (χ2n) is 14.2. The van der Waals surface area contributed by atoms with Gasteiger partial charge in [-0.05, 0) is 32.6 Å². The van der Waals surface area contributed by atoms with Gasteiger partial charge < -0.3 is 0 Å². The molecule has 0 aliphatic carbocycles. The molecule has 0 aliphatic rings. The van der Waals surface area contributed by atoms with Gasteiger partial charge in [0.25, 0.3) is 5.82 Å². The summed E-state index contributed by atoms with van der Waals surface area (Å²) in [6, 6.07) is 0.623. The molecular weight excluding hydrogens is 508 g/mol. The quantitative estimate of drug-likeness (QED) is 0.0585. The lowest BCUT2D eigenvalue weighted by molar-refractivity contribution is -0.705. The summed E-state index contributed by atoms with van der Waals surface area (Å²) in [6.07, 6.45) is 46.4. The maximum absolute atomic E-state index is 2.61. The van der Waals surface area contributed by atoms with E-state index in [1.54, 1.807) is 5.82 Å². The normalized spacial score (nSPS) is 12.5. The fraction of sp³-hybridized carbons (Fsp3) is 0.925. The van der Waals surface area contributed by atoms with Crippen LogP contribution in [0, 0.1) is 0 Å². The highest BCUT2D eigenvalue weighted by molar-refractivity contribution is 4.92. The minimum Gasteiger partial charge on any atom is -0.234 e. The smallest absolute Gasteiger partial charge is 0.234 e. The van der Waals surface area contributed by atoms with Crippen LogP contribution < -0.4 is 4.57 Å². The number of unbranched alkanes of at least 4 members (excludes halogenated alkanes) is 26. The van der Waals surface area contributed by atoms with Crippen molar-refractivity contribution in [3.05, 3.63) is 18.2 Å². The SMILES string of the molecule is CCCCCCCCCCCCCCCCCC[n+]1ccn(C(C)CCCCCCCCCCCCCC)c1C(C)C. The van der Waals surface area contributed by atoms with E-state index >= 15 is 0 Å². The van der Waals surface area contributed by atoms with Gasteiger partial charge in [0, 0.05) is 0 Å². The molecule has 1 rings (SSSR count). The van der Waals surface area contributed by atoms with Gasteiger partial charge in [-0.1, -0.05) is 188 Å². The van der Waals surface area contributed by atoms with Crippen LogP contribution in [-0.2, 0) is 6.54 Å². The fourth-order valence-electron chi connectivity index (χ4n) is 6.90. The first-order valence-corrected chi connectivity index (χ1v) is 19.7. The molecule has 0 amide bonds. The molecule has 0 fully saturated rings. The molecule has 1 aromatic rings. The molecule has 0 spiro atoms. The van der Waals surface area contributed by atoms with Crippen LogP contribution in [0.15, 0.2) is 12.4 Å². The Balaban J connectivity index is 2.08. The number of hydrogen-bond donors (Lipinski definition) is 0. The maximum Gasteiger partial charge on any atom is 0.259 e. The zero-order chi connectivity index (χ0) is 30.5. The Labute approximate surface area is 266 Å². The van der Waals surface area contributed by atoms with Crippen molar-refractivity contribution in [2.75, 3.05) is 0 Å². The molecular formula is C40H79N2+. The van der Waals surface area contributed by atoms with E-state index in [0.29, 0.717) is 12.0 Å². The minimum atomic E-state index is 0.588. The Bertz CT molecular complexity index is 675. The number of aryl methyl sites for hydroxylation is 1. The van der Waals surface area contributed by atoms with Gasteiger partial charge in [0.05, 0.1) is 18.5 Å². The van der Waals surface area contributed by atoms with Gasteiger partial charge in [-0.2, -0.15) is 0 Å². The molecule has 0 saturated carbocycles. The molecule has 42 heavy (non-hydrogen) atoms. The van der Waals surface area contributed by atoms with Crippen molar-refractivity contribution in [1.82, 2.24) is 4.57 Å². The van der Waals surface area contributed by atoms with Crippen LogP contribution in [0.5, 0.6) is 0 Å². The van der Waals surface area contributed by atoms with E-state index in [1.807, 2.05) is 0 Å². The zero-order valence-electron chi connectivity index (χ0n) is 29.9. The van der Waals surface area contributed by atoms with Crippen molar-refractivity contribution in [1.29, 1.82) is 0 Å². The first-order chi connectivity index (χ1) is 20.6. The van der Waals surface area contributed by atoms with Crippen molar-refractivity contribution in [2.24, 2.45) is 0 Å². The Morgan fingerprint density at radius 2 is 0.810 bits per heavy atom. The van der Waals surface area contributed by atoms with E-state index in [1.165, 1.54) is 193 Å². The van der Waals surface area contributed by atoms with Crippen LogP contribution in [0.3, 0.4) is 0 Å². The van der Waals surface area contributed by atoms with Crippen LogP contribution >= 0.6 is 0 Å². The summed E-state index contributed by atoms with van der Waals surface area (Å²) in [4.78, 5) is 0. The number of hydrogen-bond acceptors (Lipinski definition) is 0. The third kappa shape index (κ3) is 21.0. The third-order valence-corrected chi connectivity index (χ3v) is 9.69. The summed E-state index contributed by atoms with van der Waals surface area (Å²) in [6.45, 7) is 13.0. The van der Waals surface area contributed by atoms with E-state index in [4.69, 9.17) is 0 Å². The Morgan fingerprint density at radius 1 is 0.476 bits per heavy atom. The highest BCUT2D eigenvalue weighted by Crippen LogP contribution is 2.22. The molecule has 0 saturated heterocycles. The number of nitrogens with zero attached hydrogens (tertiary/aromatic N) is 2. The van der Waals surface area contributed by atoms with Crippen molar-refractivity contribution >= 4 is 0 Å². The first kappa shape index (κ1) is 39.2. The van der Waals surface area contributed by atoms with Gasteiger partial charge in [0.1, 0.15) is 12.4 Å². The van der Waals surface area contributed by atoms with Crippen molar-refractivity contribution < 1.29 is 4.57 Å². The molecule has 0 aromatic carbocycles. The highest BCUT2D eigenvalue weighted by Gasteiger charge is 2.23. The molecule has 0 radical (unpaired) electrons. The molecule has 248 valence electrons. The lowest BCUT2D eigenvalue weighted by Gasteiger charge is -2.14. The Morgan fingerprint density at radius 3 is 1.17 bits per heavy atom. The summed E-state index contributed by atoms with van der Waals surface area (Å²) in [7, 11) is 0. The van der Waals surface area contributed by atoms with E-state index in [0.717, 1.165) is 0 Å². The van der Waals surface area contributed by atoms with Gasteiger partial charge >= 0.3 is 0 Å². The predicted octanol–water partition coefficient (Wildman–Crippen LogP) is 13.8. The van der Waals surface area contributed by atoms with Gasteiger partial charge in [-0.25, -0.2) is 9.13 Å². The number of rotatable bonds is 32. The molecule has 1 heterocycles. The van der Waals surface area contributed by atoms with Crippen LogP contribution in [0.4, 0.5) is 0 Å². The van der Waals surface area contributed by atoms with E-state index in [9.17, 15) is 0 Å². The van der Waals surface area contributed by atoms with Gasteiger partial charge in [-0.15, -0.1) is 0 Å². The monoisotopic (exact) mass is 588 g/mol. The van der Waals surface area contributed by atoms with Gasteiger partial charge in [-0.3, -0.25) is 0 Å². The maximum atomic E-state index is 2.61. The van der Waals surface area contributed by atoms with Crippen LogP contribution in [0.1, 0.15) is 239 Å². The van der Waals surface area contributed by atoms with Gasteiger partial charge in [0.2, 0.25) is 0 Å². The topological polar surface area (TPSA) is 8.81 Å². The second-order valence-corrected chi connectivity index (χ2v) is 14.2. The first-order valence-electron chi connectivity index (χ1n) is 19.7. The molecule has 1 unspecified atom stereocenters. The summed E-state index contributed by atoms with van der Waals surface area (Å²) in [5.41, 5.74) is 0. The predicted molar refractivity (Wildman–Crippen MR) is 189 cm³/mol. The lowest BCUT2D eigenvalue weighted by atomic mass is 10.0. The van der Waals surface area contributed by atoms with Crippen LogP contribution in [-0.4, -0.2) is 4.57 Å². The van der Waals surface area contributed by atoms with Crippen LogP contribution in [0.25, 0.3) is 0 Å². The summed E-state index contributed by atoms with van der Waals surface area (Å²) in [5.74, 6) is 2.13. The van der Waals surface area contributed by atoms with Crippen LogP contribution in [0.2, 0.25) is 0 Å². The zero-order valence-corrected chi connectivity index (χ0v) is 29.9. The molecule has 0 N–H and O–H groups in total. The Hall–Kier alpha value is -0.790. The summed E-state index contributed by atoms with van der Waals surface area (Å²) >= 11 is 0. The average molecular weight is 588 g/mol. The Kier molecular flexibility index (Phi) is 27.0. The lowest BCUT2D eigenvalue weighted by Crippen LogP contribution is -2.38. The summed E-state index contributed by atoms with van der Waals surface area (Å²) < 4.78 is 5.18. The number of imidazole rings is 1. The van der Waals surface area contributed by atoms with Crippen molar-refractivity contribution in [3.8, 4) is 0 Å². The molecule has 0 bridgehead atoms. The second kappa shape index (κ2) is 29.0. The van der Waals surface area contributed by atoms with Gasteiger partial charge in [0.15, 0.2) is 0 Å². The van der Waals surface area contributed by atoms with Crippen molar-refractivity contribution in [3.63, 3.8) is 0 Å². The van der Waals surface area contributed by atoms with Crippen molar-refractivity contribution in [2.45, 2.75) is 239 Å². The molecule has 1 atom stereocenters. The third-order valence-electron chi connectivity index (χ3n) is 9.69. The largest absolute Gasteiger partial charge is 0.259 e. The van der Waals surface area contributed by atoms with E-state index in [2.05, 4.69) is 56.1 Å². The molecule has 2 heteroatoms. The standard InChI is InChI=1S/C40H79N2/c1-6-8-10-12-14-16-18-20-21-22-23-25-27-29-31-33-35-41-36-37-42(40(41)38(3)4)39(5)34-32-30-28-26-24-19-17-15-13-11-9-7-2/h36-39H,6-35H2,1-5H3/q+1. The molecule has 0 aliphatic heterocycles. The van der Waals surface area contributed by atoms with E-state index in [-0.39, 0.29) is 0 Å².